The van der Waals surface area contributed by atoms with Crippen molar-refractivity contribution in [2.75, 3.05) is 49.2 Å². The summed E-state index contributed by atoms with van der Waals surface area (Å²) in [6.07, 6.45) is -9.02. The third kappa shape index (κ3) is 15.8. The number of aliphatic hydroxyl groups is 4. The Morgan fingerprint density at radius 2 is 0.875 bits per heavy atom. The molecule has 0 aliphatic rings. The maximum atomic E-state index is 12.0. The summed E-state index contributed by atoms with van der Waals surface area (Å²) in [6.45, 7) is -0.554. The molecule has 0 aromatic carbocycles. The van der Waals surface area contributed by atoms with Crippen LogP contribution >= 0.6 is 23.5 Å². The van der Waals surface area contributed by atoms with Crippen LogP contribution in [0.2, 0.25) is 0 Å². The second-order valence-corrected chi connectivity index (χ2v) is 10.1. The molecule has 0 bridgehead atoms. The van der Waals surface area contributed by atoms with Crippen LogP contribution in [0.4, 0.5) is 0 Å². The first-order valence-electron chi connectivity index (χ1n) is 11.6. The fourth-order valence-corrected chi connectivity index (χ4v) is 4.07. The van der Waals surface area contributed by atoms with E-state index in [2.05, 4.69) is 21.3 Å². The van der Waals surface area contributed by atoms with Crippen LogP contribution in [-0.2, 0) is 28.8 Å². The predicted octanol–water partition coefficient (Wildman–Crippen LogP) is -6.82. The van der Waals surface area contributed by atoms with Crippen molar-refractivity contribution in [2.45, 2.75) is 36.5 Å². The second-order valence-electron chi connectivity index (χ2n) is 8.07. The van der Waals surface area contributed by atoms with Gasteiger partial charge in [0.15, 0.2) is 12.2 Å². The molecule has 6 atom stereocenters. The second kappa shape index (κ2) is 20.2. The van der Waals surface area contributed by atoms with E-state index in [4.69, 9.17) is 21.7 Å². The van der Waals surface area contributed by atoms with Crippen LogP contribution in [0.5, 0.6) is 0 Å². The van der Waals surface area contributed by atoms with E-state index in [1.807, 2.05) is 0 Å². The summed E-state index contributed by atoms with van der Waals surface area (Å²) in [6, 6.07) is -2.24. The topological polar surface area (TPSA) is 324 Å². The Morgan fingerprint density at radius 3 is 1.18 bits per heavy atom. The average molecular weight is 617 g/mol. The Labute approximate surface area is 237 Å². The first-order chi connectivity index (χ1) is 18.7. The summed E-state index contributed by atoms with van der Waals surface area (Å²) < 4.78 is 0. The van der Waals surface area contributed by atoms with Gasteiger partial charge in [-0.15, -0.1) is 23.5 Å². The number of carboxylic acids is 2. The van der Waals surface area contributed by atoms with Crippen molar-refractivity contribution in [1.82, 2.24) is 21.3 Å². The average Bonchev–Trinajstić information content (AvgIpc) is 2.90. The van der Waals surface area contributed by atoms with Gasteiger partial charge in [-0.25, -0.2) is 0 Å². The molecule has 0 rings (SSSR count). The SMILES string of the molecule is NC(CSCC(=O)NCCNC(=O)[C@@H](O)[C@H](O)[C@H](O)[C@@H](O)C(=O)NCCNC(=O)CSCC(N)C(=O)O)C(=O)O. The van der Waals surface area contributed by atoms with Crippen molar-refractivity contribution in [3.8, 4) is 0 Å². The highest BCUT2D eigenvalue weighted by molar-refractivity contribution is 8.00. The standard InChI is InChI=1S/C20H36N6O12S2/c21-9(19(35)36)5-39-7-11(27)23-1-3-25-17(33)15(31)13(29)14(30)16(32)18(34)26-4-2-24-12(28)8-40-6-10(22)20(37)38/h9-10,13-16,29-32H,1-8,21-22H2,(H,23,27)(H,24,28)(H,25,33)(H,26,34)(H,35,36)(H,37,38)/t9?,10?,13-,14+,15+,16-. The summed E-state index contributed by atoms with van der Waals surface area (Å²) in [4.78, 5) is 68.5. The van der Waals surface area contributed by atoms with Crippen molar-refractivity contribution in [3.63, 3.8) is 0 Å². The third-order valence-electron chi connectivity index (χ3n) is 4.72. The van der Waals surface area contributed by atoms with Crippen LogP contribution in [0.1, 0.15) is 0 Å². The molecule has 40 heavy (non-hydrogen) atoms. The van der Waals surface area contributed by atoms with Gasteiger partial charge in [0, 0.05) is 37.7 Å². The Bertz CT molecular complexity index is 802. The molecule has 20 heteroatoms. The Kier molecular flexibility index (Phi) is 18.8. The third-order valence-corrected chi connectivity index (χ3v) is 6.84. The highest BCUT2D eigenvalue weighted by Gasteiger charge is 2.37. The Balaban J connectivity index is 4.25. The van der Waals surface area contributed by atoms with Crippen LogP contribution < -0.4 is 32.7 Å². The van der Waals surface area contributed by atoms with Crippen LogP contribution in [0.25, 0.3) is 0 Å². The van der Waals surface area contributed by atoms with Gasteiger partial charge in [0.2, 0.25) is 11.8 Å². The van der Waals surface area contributed by atoms with Crippen LogP contribution in [-0.4, -0.2) is 152 Å². The molecule has 4 amide bonds. The molecule has 0 heterocycles. The Hall–Kier alpha value is -2.72. The molecule has 0 aliphatic heterocycles. The van der Waals surface area contributed by atoms with E-state index in [0.29, 0.717) is 0 Å². The van der Waals surface area contributed by atoms with Crippen molar-refractivity contribution in [2.24, 2.45) is 11.5 Å². The van der Waals surface area contributed by atoms with E-state index in [-0.39, 0.29) is 49.2 Å². The van der Waals surface area contributed by atoms with E-state index >= 15 is 0 Å². The minimum Gasteiger partial charge on any atom is -0.480 e. The lowest BCUT2D eigenvalue weighted by molar-refractivity contribution is -0.155. The van der Waals surface area contributed by atoms with Crippen LogP contribution in [0, 0.1) is 0 Å². The Morgan fingerprint density at radius 1 is 0.575 bits per heavy atom. The van der Waals surface area contributed by atoms with Gasteiger partial charge in [-0.3, -0.25) is 28.8 Å². The molecule has 14 N–H and O–H groups in total. The number of amides is 4. The van der Waals surface area contributed by atoms with Crippen molar-refractivity contribution in [1.29, 1.82) is 0 Å². The number of carbonyl (C=O) groups is 6. The van der Waals surface area contributed by atoms with Gasteiger partial charge in [-0.2, -0.15) is 0 Å². The van der Waals surface area contributed by atoms with Gasteiger partial charge in [0.05, 0.1) is 11.5 Å². The molecule has 0 aliphatic carbocycles. The quantitative estimate of drug-likeness (QED) is 0.0533. The zero-order chi connectivity index (χ0) is 30.8. The summed E-state index contributed by atoms with van der Waals surface area (Å²) in [5.41, 5.74) is 10.6. The van der Waals surface area contributed by atoms with Gasteiger partial charge < -0.3 is 63.4 Å². The van der Waals surface area contributed by atoms with Gasteiger partial charge >= 0.3 is 11.9 Å². The number of rotatable bonds is 21. The smallest absolute Gasteiger partial charge is 0.321 e. The number of aliphatic carboxylic acids is 2. The normalized spacial score (nSPS) is 15.4. The van der Waals surface area contributed by atoms with Crippen molar-refractivity contribution < 1.29 is 59.4 Å². The summed E-state index contributed by atoms with van der Waals surface area (Å²) >= 11 is 1.98. The highest BCUT2D eigenvalue weighted by Crippen LogP contribution is 2.06. The van der Waals surface area contributed by atoms with Gasteiger partial charge in [0.25, 0.3) is 11.8 Å². The molecule has 0 saturated carbocycles. The summed E-state index contributed by atoms with van der Waals surface area (Å²) in [5, 5.41) is 66.3. The molecule has 0 spiro atoms. The molecule has 18 nitrogen and oxygen atoms in total. The maximum Gasteiger partial charge on any atom is 0.321 e. The molecule has 0 aromatic heterocycles. The van der Waals surface area contributed by atoms with E-state index in [9.17, 15) is 49.2 Å². The molecule has 0 saturated heterocycles. The highest BCUT2D eigenvalue weighted by atomic mass is 32.2. The predicted molar refractivity (Wildman–Crippen MR) is 142 cm³/mol. The lowest BCUT2D eigenvalue weighted by Gasteiger charge is -2.25. The van der Waals surface area contributed by atoms with Gasteiger partial charge in [0.1, 0.15) is 24.3 Å². The number of hydrogen-bond donors (Lipinski definition) is 12. The van der Waals surface area contributed by atoms with E-state index < -0.39 is 72.1 Å². The number of carboxylic acid groups (broad SMARTS) is 2. The van der Waals surface area contributed by atoms with Crippen molar-refractivity contribution in [3.05, 3.63) is 0 Å². The fourth-order valence-electron chi connectivity index (χ4n) is 2.47. The zero-order valence-corrected chi connectivity index (χ0v) is 22.9. The lowest BCUT2D eigenvalue weighted by atomic mass is 10.0. The van der Waals surface area contributed by atoms with Gasteiger partial charge in [-0.05, 0) is 0 Å². The minimum atomic E-state index is -2.26. The first kappa shape index (κ1) is 37.3. The number of nitrogens with one attached hydrogen (secondary N) is 4. The first-order valence-corrected chi connectivity index (χ1v) is 13.9. The molecular weight excluding hydrogens is 580 g/mol. The molecule has 0 fully saturated rings. The summed E-state index contributed by atoms with van der Waals surface area (Å²) in [5.74, 6) is -5.83. The molecule has 230 valence electrons. The molecule has 0 aromatic rings. The number of thioether (sulfide) groups is 2. The fraction of sp³-hybridized carbons (Fsp3) is 0.700. The van der Waals surface area contributed by atoms with Crippen LogP contribution in [0.15, 0.2) is 0 Å². The number of hydrogen-bond acceptors (Lipinski definition) is 14. The van der Waals surface area contributed by atoms with E-state index in [0.717, 1.165) is 23.5 Å². The molecule has 0 radical (unpaired) electrons. The lowest BCUT2D eigenvalue weighted by Crippen LogP contribution is -2.55. The van der Waals surface area contributed by atoms with Crippen molar-refractivity contribution >= 4 is 59.1 Å². The number of carbonyl (C=O) groups excluding carboxylic acids is 4. The molecular formula is C20H36N6O12S2. The maximum absolute atomic E-state index is 12.0. The number of nitrogens with two attached hydrogens (primary N) is 2. The van der Waals surface area contributed by atoms with E-state index in [1.54, 1.807) is 0 Å². The monoisotopic (exact) mass is 616 g/mol. The zero-order valence-electron chi connectivity index (χ0n) is 21.2. The summed E-state index contributed by atoms with van der Waals surface area (Å²) in [7, 11) is 0. The number of aliphatic hydroxyl groups excluding tert-OH is 4. The van der Waals surface area contributed by atoms with Gasteiger partial charge in [-0.1, -0.05) is 0 Å². The van der Waals surface area contributed by atoms with E-state index in [1.165, 1.54) is 0 Å². The minimum absolute atomic E-state index is 0.0130. The largest absolute Gasteiger partial charge is 0.480 e. The molecule has 2 unspecified atom stereocenters. The van der Waals surface area contributed by atoms with Crippen LogP contribution in [0.3, 0.4) is 0 Å².